The second kappa shape index (κ2) is 13.1. The van der Waals surface area contributed by atoms with Crippen LogP contribution < -0.4 is 4.74 Å². The van der Waals surface area contributed by atoms with Gasteiger partial charge in [0.1, 0.15) is 11.9 Å². The Hall–Kier alpha value is -1.51. The molecule has 1 aromatic rings. The normalized spacial score (nSPS) is 26.4. The molecule has 0 heterocycles. The van der Waals surface area contributed by atoms with Gasteiger partial charge in [0.2, 0.25) is 0 Å². The van der Waals surface area contributed by atoms with Crippen LogP contribution in [0.5, 0.6) is 5.75 Å². The molecule has 174 valence electrons. The highest BCUT2D eigenvalue weighted by molar-refractivity contribution is 5.89. The van der Waals surface area contributed by atoms with Gasteiger partial charge in [-0.3, -0.25) is 0 Å². The minimum atomic E-state index is -0.186. The Morgan fingerprint density at radius 1 is 0.806 bits per heavy atom. The molecule has 0 bridgehead atoms. The Balaban J connectivity index is 1.31. The molecule has 0 atom stereocenters. The number of rotatable bonds is 11. The summed E-state index contributed by atoms with van der Waals surface area (Å²) in [6.07, 6.45) is 18.0. The second-order valence-corrected chi connectivity index (χ2v) is 10.0. The Bertz CT molecular complexity index is 622. The maximum absolute atomic E-state index is 12.5. The number of unbranched alkanes of at least 4 members (excludes halogenated alkanes) is 2. The molecule has 2 saturated carbocycles. The number of hydrogen-bond donors (Lipinski definition) is 0. The summed E-state index contributed by atoms with van der Waals surface area (Å²) in [5.41, 5.74) is 0.630. The van der Waals surface area contributed by atoms with Crippen molar-refractivity contribution in [3.8, 4) is 5.75 Å². The molecule has 3 nitrogen and oxygen atoms in total. The first-order valence-electron chi connectivity index (χ1n) is 13.1. The van der Waals surface area contributed by atoms with Gasteiger partial charge in [-0.15, -0.1) is 0 Å². The Kier molecular flexibility index (Phi) is 10.2. The Morgan fingerprint density at radius 3 is 1.97 bits per heavy atom. The lowest BCUT2D eigenvalue weighted by atomic mass is 9.76. The van der Waals surface area contributed by atoms with Gasteiger partial charge in [-0.1, -0.05) is 71.6 Å². The van der Waals surface area contributed by atoms with Gasteiger partial charge in [0.15, 0.2) is 0 Å². The van der Waals surface area contributed by atoms with Crippen LogP contribution in [0.3, 0.4) is 0 Å². The fourth-order valence-corrected chi connectivity index (χ4v) is 5.39. The van der Waals surface area contributed by atoms with E-state index in [1.54, 1.807) is 0 Å². The van der Waals surface area contributed by atoms with E-state index >= 15 is 0 Å². The second-order valence-electron chi connectivity index (χ2n) is 10.0. The third kappa shape index (κ3) is 8.16. The van der Waals surface area contributed by atoms with Gasteiger partial charge in [-0.2, -0.15) is 0 Å². The molecule has 2 fully saturated rings. The van der Waals surface area contributed by atoms with Crippen LogP contribution in [0.2, 0.25) is 0 Å². The molecule has 31 heavy (non-hydrogen) atoms. The first-order valence-corrected chi connectivity index (χ1v) is 13.1. The summed E-state index contributed by atoms with van der Waals surface area (Å²) >= 11 is 0. The van der Waals surface area contributed by atoms with Crippen LogP contribution in [-0.2, 0) is 4.74 Å². The fourth-order valence-electron chi connectivity index (χ4n) is 5.39. The molecule has 2 aliphatic carbocycles. The molecule has 0 saturated heterocycles. The molecule has 3 heteroatoms. The van der Waals surface area contributed by atoms with Crippen LogP contribution in [-0.4, -0.2) is 18.7 Å². The standard InChI is InChI=1S/C28H44O3/c1-3-5-6-21-30-26-19-15-25(16-20-26)28(29)31-27-17-13-24(14-18-27)12-11-23-9-7-22(4-2)8-10-23/h15-16,19-20,22-24,27H,3-14,17-18,21H2,1-2H3. The van der Waals surface area contributed by atoms with Crippen LogP contribution in [0.25, 0.3) is 0 Å². The molecule has 2 aliphatic rings. The van der Waals surface area contributed by atoms with Crippen LogP contribution in [0.4, 0.5) is 0 Å². The van der Waals surface area contributed by atoms with E-state index in [0.29, 0.717) is 5.56 Å². The fraction of sp³-hybridized carbons (Fsp3) is 0.750. The van der Waals surface area contributed by atoms with Crippen LogP contribution in [0, 0.1) is 17.8 Å². The Labute approximate surface area is 190 Å². The molecule has 0 unspecified atom stereocenters. The summed E-state index contributed by atoms with van der Waals surface area (Å²) in [5.74, 6) is 3.45. The van der Waals surface area contributed by atoms with E-state index in [0.717, 1.165) is 49.4 Å². The van der Waals surface area contributed by atoms with Gasteiger partial charge >= 0.3 is 5.97 Å². The molecule has 0 N–H and O–H groups in total. The minimum absolute atomic E-state index is 0.0914. The average molecular weight is 429 g/mol. The first-order chi connectivity index (χ1) is 15.2. The molecular formula is C28H44O3. The van der Waals surface area contributed by atoms with Crippen LogP contribution in [0.15, 0.2) is 24.3 Å². The number of hydrogen-bond acceptors (Lipinski definition) is 3. The van der Waals surface area contributed by atoms with Crippen molar-refractivity contribution >= 4 is 5.97 Å². The SMILES string of the molecule is CCCCCOc1ccc(C(=O)OC2CCC(CCC3CCC(CC)CC3)CC2)cc1. The van der Waals surface area contributed by atoms with E-state index in [1.165, 1.54) is 70.6 Å². The smallest absolute Gasteiger partial charge is 0.338 e. The van der Waals surface area contributed by atoms with Gasteiger partial charge < -0.3 is 9.47 Å². The maximum Gasteiger partial charge on any atom is 0.338 e. The topological polar surface area (TPSA) is 35.5 Å². The lowest BCUT2D eigenvalue weighted by Crippen LogP contribution is -2.25. The van der Waals surface area contributed by atoms with Crippen molar-refractivity contribution in [1.29, 1.82) is 0 Å². The van der Waals surface area contributed by atoms with E-state index in [9.17, 15) is 4.79 Å². The number of esters is 1. The molecule has 0 radical (unpaired) electrons. The molecule has 0 aliphatic heterocycles. The van der Waals surface area contributed by atoms with Crippen molar-refractivity contribution in [2.75, 3.05) is 6.61 Å². The first kappa shape index (κ1) is 24.1. The number of ether oxygens (including phenoxy) is 2. The summed E-state index contributed by atoms with van der Waals surface area (Å²) < 4.78 is 11.5. The Morgan fingerprint density at radius 2 is 1.39 bits per heavy atom. The lowest BCUT2D eigenvalue weighted by Gasteiger charge is -2.31. The molecule has 1 aromatic carbocycles. The van der Waals surface area contributed by atoms with E-state index in [-0.39, 0.29) is 12.1 Å². The molecule has 0 aromatic heterocycles. The van der Waals surface area contributed by atoms with E-state index in [1.807, 2.05) is 24.3 Å². The van der Waals surface area contributed by atoms with Crippen molar-refractivity contribution in [2.45, 2.75) is 110 Å². The number of carbonyl (C=O) groups excluding carboxylic acids is 1. The number of benzene rings is 1. The summed E-state index contributed by atoms with van der Waals surface area (Å²) in [7, 11) is 0. The van der Waals surface area contributed by atoms with Crippen LogP contribution in [0.1, 0.15) is 114 Å². The van der Waals surface area contributed by atoms with Crippen molar-refractivity contribution in [1.82, 2.24) is 0 Å². The van der Waals surface area contributed by atoms with Crippen molar-refractivity contribution in [3.63, 3.8) is 0 Å². The predicted molar refractivity (Wildman–Crippen MR) is 128 cm³/mol. The molecule has 3 rings (SSSR count). The summed E-state index contributed by atoms with van der Waals surface area (Å²) in [4.78, 5) is 12.5. The third-order valence-corrected chi connectivity index (χ3v) is 7.70. The van der Waals surface area contributed by atoms with Gasteiger partial charge in [-0.05, 0) is 74.1 Å². The van der Waals surface area contributed by atoms with E-state index in [2.05, 4.69) is 13.8 Å². The zero-order valence-corrected chi connectivity index (χ0v) is 20.0. The quantitative estimate of drug-likeness (QED) is 0.265. The molecule has 0 spiro atoms. The van der Waals surface area contributed by atoms with Gasteiger partial charge in [0, 0.05) is 0 Å². The largest absolute Gasteiger partial charge is 0.494 e. The van der Waals surface area contributed by atoms with Gasteiger partial charge in [0.25, 0.3) is 0 Å². The highest BCUT2D eigenvalue weighted by Gasteiger charge is 2.26. The predicted octanol–water partition coefficient (Wildman–Crippen LogP) is 7.97. The minimum Gasteiger partial charge on any atom is -0.494 e. The summed E-state index contributed by atoms with van der Waals surface area (Å²) in [6, 6.07) is 7.42. The van der Waals surface area contributed by atoms with Crippen molar-refractivity contribution in [2.24, 2.45) is 17.8 Å². The van der Waals surface area contributed by atoms with E-state index in [4.69, 9.17) is 9.47 Å². The number of carbonyl (C=O) groups is 1. The van der Waals surface area contributed by atoms with Gasteiger partial charge in [0.05, 0.1) is 12.2 Å². The summed E-state index contributed by atoms with van der Waals surface area (Å²) in [6.45, 7) is 5.27. The van der Waals surface area contributed by atoms with E-state index < -0.39 is 0 Å². The third-order valence-electron chi connectivity index (χ3n) is 7.70. The highest BCUT2D eigenvalue weighted by Crippen LogP contribution is 2.36. The zero-order valence-electron chi connectivity index (χ0n) is 20.0. The maximum atomic E-state index is 12.5. The molecular weight excluding hydrogens is 384 g/mol. The van der Waals surface area contributed by atoms with Gasteiger partial charge in [-0.25, -0.2) is 4.79 Å². The van der Waals surface area contributed by atoms with Crippen molar-refractivity contribution in [3.05, 3.63) is 29.8 Å². The highest BCUT2D eigenvalue weighted by atomic mass is 16.5. The van der Waals surface area contributed by atoms with Crippen molar-refractivity contribution < 1.29 is 14.3 Å². The lowest BCUT2D eigenvalue weighted by molar-refractivity contribution is 0.0158. The summed E-state index contributed by atoms with van der Waals surface area (Å²) in [5, 5.41) is 0. The average Bonchev–Trinajstić information content (AvgIpc) is 2.82. The molecule has 0 amide bonds. The van der Waals surface area contributed by atoms with Crippen LogP contribution >= 0.6 is 0 Å². The monoisotopic (exact) mass is 428 g/mol. The zero-order chi connectivity index (χ0) is 21.9.